The molecular formula is C14H23N3OS. The van der Waals surface area contributed by atoms with Crippen LogP contribution in [0, 0.1) is 5.92 Å². The highest BCUT2D eigenvalue weighted by Gasteiger charge is 2.25. The molecule has 0 aliphatic heterocycles. The van der Waals surface area contributed by atoms with Crippen LogP contribution in [0.4, 0.5) is 10.1 Å². The largest absolute Gasteiger partial charge is 0.389 e. The van der Waals surface area contributed by atoms with Gasteiger partial charge in [0, 0.05) is 11.3 Å². The lowest BCUT2D eigenvalue weighted by Crippen LogP contribution is -2.24. The molecule has 4 nitrogen and oxygen atoms in total. The fourth-order valence-corrected chi connectivity index (χ4v) is 3.44. The molecule has 19 heavy (non-hydrogen) atoms. The number of thiazole rings is 1. The highest BCUT2D eigenvalue weighted by atomic mass is 32.1. The quantitative estimate of drug-likeness (QED) is 0.871. The first-order chi connectivity index (χ1) is 8.88. The molecule has 1 heterocycles. The molecule has 0 radical (unpaired) electrons. The van der Waals surface area contributed by atoms with Crippen molar-refractivity contribution >= 4 is 27.4 Å². The number of nitrogens with zero attached hydrogens (tertiary/aromatic N) is 1. The zero-order valence-electron chi connectivity index (χ0n) is 12.0. The Labute approximate surface area is 118 Å². The number of nitrogens with one attached hydrogen (secondary N) is 1. The van der Waals surface area contributed by atoms with E-state index in [-0.39, 0.29) is 17.2 Å². The van der Waals surface area contributed by atoms with Crippen molar-refractivity contribution in [1.82, 2.24) is 4.98 Å². The van der Waals surface area contributed by atoms with Gasteiger partial charge in [-0.1, -0.05) is 51.4 Å². The van der Waals surface area contributed by atoms with Crippen LogP contribution in [-0.2, 0) is 10.2 Å². The summed E-state index contributed by atoms with van der Waals surface area (Å²) in [5.41, 5.74) is 6.77. The van der Waals surface area contributed by atoms with E-state index >= 15 is 0 Å². The summed E-state index contributed by atoms with van der Waals surface area (Å²) in [5, 5.41) is 4.27. The first-order valence-corrected chi connectivity index (χ1v) is 7.77. The van der Waals surface area contributed by atoms with Crippen LogP contribution in [0.25, 0.3) is 0 Å². The molecule has 2 rings (SSSR count). The van der Waals surface area contributed by atoms with Crippen LogP contribution in [0.1, 0.15) is 58.6 Å². The number of hydrogen-bond donors (Lipinski definition) is 2. The monoisotopic (exact) mass is 281 g/mol. The van der Waals surface area contributed by atoms with Gasteiger partial charge in [0.05, 0.1) is 5.69 Å². The van der Waals surface area contributed by atoms with Crippen molar-refractivity contribution < 1.29 is 4.79 Å². The summed E-state index contributed by atoms with van der Waals surface area (Å²) in [4.78, 5) is 16.6. The van der Waals surface area contributed by atoms with Gasteiger partial charge in [0.1, 0.15) is 5.00 Å². The van der Waals surface area contributed by atoms with Gasteiger partial charge >= 0.3 is 0 Å². The van der Waals surface area contributed by atoms with E-state index in [4.69, 9.17) is 5.73 Å². The van der Waals surface area contributed by atoms with Crippen LogP contribution in [-0.4, -0.2) is 10.9 Å². The summed E-state index contributed by atoms with van der Waals surface area (Å²) >= 11 is 1.37. The van der Waals surface area contributed by atoms with Crippen molar-refractivity contribution in [2.45, 2.75) is 58.3 Å². The Kier molecular flexibility index (Phi) is 4.13. The maximum absolute atomic E-state index is 12.2. The number of carbonyl (C=O) groups excluding carboxylic acids is 1. The predicted octanol–water partition coefficient (Wildman–Crippen LogP) is 3.54. The van der Waals surface area contributed by atoms with Crippen molar-refractivity contribution in [1.29, 1.82) is 0 Å². The number of nitrogen functional groups attached to an aromatic ring is 1. The third-order valence-electron chi connectivity index (χ3n) is 3.57. The van der Waals surface area contributed by atoms with E-state index in [1.54, 1.807) is 0 Å². The van der Waals surface area contributed by atoms with E-state index in [9.17, 15) is 4.79 Å². The molecule has 0 aromatic carbocycles. The first-order valence-electron chi connectivity index (χ1n) is 6.95. The SMILES string of the molecule is CC(C)(C)c1nc(NC(=O)C2CCCCC2)sc1N. The predicted molar refractivity (Wildman–Crippen MR) is 80.4 cm³/mol. The van der Waals surface area contributed by atoms with E-state index in [0.717, 1.165) is 31.4 Å². The Bertz CT molecular complexity index is 456. The minimum Gasteiger partial charge on any atom is -0.389 e. The minimum atomic E-state index is -0.0889. The molecule has 1 aliphatic rings. The molecule has 106 valence electrons. The molecule has 1 aromatic heterocycles. The van der Waals surface area contributed by atoms with Gasteiger partial charge in [-0.15, -0.1) is 0 Å². The van der Waals surface area contributed by atoms with Crippen molar-refractivity contribution in [3.05, 3.63) is 5.69 Å². The van der Waals surface area contributed by atoms with E-state index in [1.807, 2.05) is 0 Å². The molecule has 0 spiro atoms. The molecule has 0 saturated heterocycles. The third-order valence-corrected chi connectivity index (χ3v) is 4.37. The summed E-state index contributed by atoms with van der Waals surface area (Å²) in [7, 11) is 0. The molecule has 1 fully saturated rings. The molecule has 3 N–H and O–H groups in total. The number of aromatic nitrogens is 1. The van der Waals surface area contributed by atoms with Crippen molar-refractivity contribution in [2.24, 2.45) is 5.92 Å². The molecule has 1 amide bonds. The number of carbonyl (C=O) groups is 1. The Hall–Kier alpha value is -1.10. The fourth-order valence-electron chi connectivity index (χ4n) is 2.49. The van der Waals surface area contributed by atoms with Gasteiger partial charge in [0.2, 0.25) is 5.91 Å². The third kappa shape index (κ3) is 3.47. The van der Waals surface area contributed by atoms with Crippen LogP contribution in [0.15, 0.2) is 0 Å². The van der Waals surface area contributed by atoms with Crippen LogP contribution in [0.3, 0.4) is 0 Å². The van der Waals surface area contributed by atoms with Crippen LogP contribution in [0.2, 0.25) is 0 Å². The van der Waals surface area contributed by atoms with Gasteiger partial charge in [-0.05, 0) is 12.8 Å². The molecule has 1 aromatic rings. The van der Waals surface area contributed by atoms with E-state index in [0.29, 0.717) is 10.1 Å². The summed E-state index contributed by atoms with van der Waals surface area (Å²) in [5.74, 6) is 0.255. The van der Waals surface area contributed by atoms with Gasteiger partial charge < -0.3 is 11.1 Å². The molecular weight excluding hydrogens is 258 g/mol. The highest BCUT2D eigenvalue weighted by molar-refractivity contribution is 7.19. The summed E-state index contributed by atoms with van der Waals surface area (Å²) < 4.78 is 0. The lowest BCUT2D eigenvalue weighted by molar-refractivity contribution is -0.120. The number of nitrogens with two attached hydrogens (primary N) is 1. The lowest BCUT2D eigenvalue weighted by atomic mass is 9.89. The second kappa shape index (κ2) is 5.49. The van der Waals surface area contributed by atoms with Crippen molar-refractivity contribution in [3.8, 4) is 0 Å². The maximum Gasteiger partial charge on any atom is 0.229 e. The van der Waals surface area contributed by atoms with Crippen LogP contribution in [0.5, 0.6) is 0 Å². The van der Waals surface area contributed by atoms with Gasteiger partial charge in [0.15, 0.2) is 5.13 Å². The summed E-state index contributed by atoms with van der Waals surface area (Å²) in [6, 6.07) is 0. The fraction of sp³-hybridized carbons (Fsp3) is 0.714. The normalized spacial score (nSPS) is 17.4. The zero-order valence-corrected chi connectivity index (χ0v) is 12.8. The van der Waals surface area contributed by atoms with Crippen LogP contribution < -0.4 is 11.1 Å². The van der Waals surface area contributed by atoms with E-state index in [1.165, 1.54) is 17.8 Å². The van der Waals surface area contributed by atoms with Crippen molar-refractivity contribution in [3.63, 3.8) is 0 Å². The average Bonchev–Trinajstić information content (AvgIpc) is 2.71. The van der Waals surface area contributed by atoms with Crippen LogP contribution >= 0.6 is 11.3 Å². The Morgan fingerprint density at radius 3 is 2.47 bits per heavy atom. The summed E-state index contributed by atoms with van der Waals surface area (Å²) in [6.07, 6.45) is 5.57. The molecule has 1 saturated carbocycles. The molecule has 5 heteroatoms. The smallest absolute Gasteiger partial charge is 0.229 e. The lowest BCUT2D eigenvalue weighted by Gasteiger charge is -2.20. The Balaban J connectivity index is 2.05. The molecule has 0 unspecified atom stereocenters. The van der Waals surface area contributed by atoms with Gasteiger partial charge in [-0.3, -0.25) is 4.79 Å². The van der Waals surface area contributed by atoms with Gasteiger partial charge in [0.25, 0.3) is 0 Å². The maximum atomic E-state index is 12.2. The average molecular weight is 281 g/mol. The van der Waals surface area contributed by atoms with Crippen molar-refractivity contribution in [2.75, 3.05) is 11.1 Å². The van der Waals surface area contributed by atoms with Gasteiger partial charge in [-0.2, -0.15) is 0 Å². The number of rotatable bonds is 2. The number of amides is 1. The Morgan fingerprint density at radius 1 is 1.32 bits per heavy atom. The first kappa shape index (κ1) is 14.3. The van der Waals surface area contributed by atoms with Gasteiger partial charge in [-0.25, -0.2) is 4.98 Å². The van der Waals surface area contributed by atoms with E-state index in [2.05, 4.69) is 31.1 Å². The second-order valence-electron chi connectivity index (χ2n) is 6.31. The summed E-state index contributed by atoms with van der Waals surface area (Å²) in [6.45, 7) is 6.22. The highest BCUT2D eigenvalue weighted by Crippen LogP contribution is 2.34. The topological polar surface area (TPSA) is 68.0 Å². The van der Waals surface area contributed by atoms with E-state index < -0.39 is 0 Å². The molecule has 0 atom stereocenters. The second-order valence-corrected chi connectivity index (χ2v) is 7.34. The number of anilines is 2. The zero-order chi connectivity index (χ0) is 14.0. The molecule has 1 aliphatic carbocycles. The minimum absolute atomic E-state index is 0.0889. The molecule has 0 bridgehead atoms. The standard InChI is InChI=1S/C14H23N3OS/c1-14(2,3)10-11(15)19-13(16-10)17-12(18)9-7-5-4-6-8-9/h9H,4-8,15H2,1-3H3,(H,16,17,18). The number of hydrogen-bond acceptors (Lipinski definition) is 4. The Morgan fingerprint density at radius 2 is 1.95 bits per heavy atom.